The van der Waals surface area contributed by atoms with E-state index in [2.05, 4.69) is 29.0 Å². The van der Waals surface area contributed by atoms with E-state index >= 15 is 0 Å². The van der Waals surface area contributed by atoms with Gasteiger partial charge in [-0.1, -0.05) is 6.92 Å². The number of hydrogen-bond acceptors (Lipinski definition) is 4. The largest absolute Gasteiger partial charge is 0.357 e. The van der Waals surface area contributed by atoms with Gasteiger partial charge in [-0.15, -0.1) is 0 Å². The number of hydrogen-bond donors (Lipinski definition) is 1. The van der Waals surface area contributed by atoms with Crippen molar-refractivity contribution in [1.82, 2.24) is 15.1 Å². The van der Waals surface area contributed by atoms with Gasteiger partial charge in [-0.2, -0.15) is 0 Å². The molecule has 0 radical (unpaired) electrons. The number of nitrogens with zero attached hydrogens (tertiary/aromatic N) is 3. The summed E-state index contributed by atoms with van der Waals surface area (Å²) in [5.41, 5.74) is 0. The van der Waals surface area contributed by atoms with Gasteiger partial charge < -0.3 is 15.1 Å². The van der Waals surface area contributed by atoms with E-state index in [0.29, 0.717) is 19.0 Å². The molecule has 6 nitrogen and oxygen atoms in total. The highest BCUT2D eigenvalue weighted by molar-refractivity contribution is 7.92. The Morgan fingerprint density at radius 1 is 1.30 bits per heavy atom. The van der Waals surface area contributed by atoms with E-state index in [9.17, 15) is 8.42 Å². The smallest absolute Gasteiger partial charge is 0.194 e. The fourth-order valence-electron chi connectivity index (χ4n) is 3.31. The zero-order valence-corrected chi connectivity index (χ0v) is 15.8. The molecule has 2 aliphatic heterocycles. The molecule has 0 aromatic heterocycles. The standard InChI is InChI=1S/C16H32N4O2S/c1-5-17-15(18-11-14-7-8-19(6-2)12-14)20-9-10-23(21,22)16(3,4)13-20/h14H,5-13H2,1-4H3,(H,17,18). The van der Waals surface area contributed by atoms with Gasteiger partial charge in [0.1, 0.15) is 0 Å². The van der Waals surface area contributed by atoms with Crippen molar-refractivity contribution in [2.45, 2.75) is 38.9 Å². The fourth-order valence-corrected chi connectivity index (χ4v) is 4.68. The Balaban J connectivity index is 2.02. The lowest BCUT2D eigenvalue weighted by Crippen LogP contribution is -2.57. The second kappa shape index (κ2) is 7.38. The van der Waals surface area contributed by atoms with Crippen molar-refractivity contribution in [3.05, 3.63) is 0 Å². The van der Waals surface area contributed by atoms with Gasteiger partial charge in [-0.25, -0.2) is 8.42 Å². The Morgan fingerprint density at radius 3 is 2.61 bits per heavy atom. The van der Waals surface area contributed by atoms with Gasteiger partial charge in [0.25, 0.3) is 0 Å². The normalized spacial score (nSPS) is 28.1. The molecule has 2 rings (SSSR count). The van der Waals surface area contributed by atoms with Gasteiger partial charge in [0, 0.05) is 32.7 Å². The summed E-state index contributed by atoms with van der Waals surface area (Å²) in [6, 6.07) is 0. The van der Waals surface area contributed by atoms with E-state index in [0.717, 1.165) is 32.1 Å². The van der Waals surface area contributed by atoms with E-state index in [1.807, 2.05) is 13.8 Å². The molecule has 1 atom stereocenters. The molecule has 0 bridgehead atoms. The second-order valence-corrected chi connectivity index (χ2v) is 9.99. The molecule has 2 saturated heterocycles. The summed E-state index contributed by atoms with van der Waals surface area (Å²) in [6.45, 7) is 13.9. The lowest BCUT2D eigenvalue weighted by molar-refractivity contribution is 0.340. The van der Waals surface area contributed by atoms with Crippen molar-refractivity contribution in [1.29, 1.82) is 0 Å². The first-order valence-corrected chi connectivity index (χ1v) is 10.4. The van der Waals surface area contributed by atoms with Crippen molar-refractivity contribution in [2.24, 2.45) is 10.9 Å². The molecule has 0 saturated carbocycles. The van der Waals surface area contributed by atoms with E-state index in [4.69, 9.17) is 4.99 Å². The van der Waals surface area contributed by atoms with Gasteiger partial charge in [0.05, 0.1) is 10.5 Å². The summed E-state index contributed by atoms with van der Waals surface area (Å²) >= 11 is 0. The third-order valence-corrected chi connectivity index (χ3v) is 7.53. The molecule has 1 N–H and O–H groups in total. The van der Waals surface area contributed by atoms with Crippen LogP contribution in [0.4, 0.5) is 0 Å². The molecule has 1 unspecified atom stereocenters. The molecular weight excluding hydrogens is 312 g/mol. The van der Waals surface area contributed by atoms with E-state index < -0.39 is 14.6 Å². The lowest BCUT2D eigenvalue weighted by Gasteiger charge is -2.39. The third kappa shape index (κ3) is 4.38. The first-order chi connectivity index (χ1) is 10.8. The van der Waals surface area contributed by atoms with E-state index in [-0.39, 0.29) is 5.75 Å². The van der Waals surface area contributed by atoms with Crippen molar-refractivity contribution in [2.75, 3.05) is 51.6 Å². The van der Waals surface area contributed by atoms with Crippen LogP contribution in [-0.2, 0) is 9.84 Å². The highest BCUT2D eigenvalue weighted by Gasteiger charge is 2.41. The van der Waals surface area contributed by atoms with Gasteiger partial charge in [-0.3, -0.25) is 4.99 Å². The number of rotatable bonds is 4. The lowest BCUT2D eigenvalue weighted by atomic mass is 10.1. The highest BCUT2D eigenvalue weighted by atomic mass is 32.2. The highest BCUT2D eigenvalue weighted by Crippen LogP contribution is 2.24. The Bertz CT molecular complexity index is 530. The Hall–Kier alpha value is -0.820. The van der Waals surface area contributed by atoms with Crippen LogP contribution in [0.1, 0.15) is 34.1 Å². The predicted molar refractivity (Wildman–Crippen MR) is 95.6 cm³/mol. The molecular formula is C16H32N4O2S. The van der Waals surface area contributed by atoms with Crippen LogP contribution in [0.5, 0.6) is 0 Å². The van der Waals surface area contributed by atoms with Crippen LogP contribution < -0.4 is 5.32 Å². The van der Waals surface area contributed by atoms with Crippen molar-refractivity contribution in [3.63, 3.8) is 0 Å². The minimum absolute atomic E-state index is 0.206. The van der Waals surface area contributed by atoms with Crippen LogP contribution >= 0.6 is 0 Å². The molecule has 0 aliphatic carbocycles. The summed E-state index contributed by atoms with van der Waals surface area (Å²) < 4.78 is 23.6. The minimum atomic E-state index is -3.01. The van der Waals surface area contributed by atoms with E-state index in [1.54, 1.807) is 0 Å². The summed E-state index contributed by atoms with van der Waals surface area (Å²) in [5, 5.41) is 3.33. The summed E-state index contributed by atoms with van der Waals surface area (Å²) in [6.07, 6.45) is 1.20. The zero-order valence-electron chi connectivity index (χ0n) is 15.0. The van der Waals surface area contributed by atoms with Crippen LogP contribution in [-0.4, -0.2) is 80.5 Å². The molecule has 2 aliphatic rings. The first kappa shape index (κ1) is 18.5. The van der Waals surface area contributed by atoms with Crippen LogP contribution in [0.2, 0.25) is 0 Å². The quantitative estimate of drug-likeness (QED) is 0.604. The number of sulfone groups is 1. The van der Waals surface area contributed by atoms with Crippen LogP contribution in [0.3, 0.4) is 0 Å². The van der Waals surface area contributed by atoms with Crippen molar-refractivity contribution >= 4 is 15.8 Å². The Kier molecular flexibility index (Phi) is 5.94. The van der Waals surface area contributed by atoms with Crippen LogP contribution in [0.25, 0.3) is 0 Å². The van der Waals surface area contributed by atoms with Gasteiger partial charge >= 0.3 is 0 Å². The van der Waals surface area contributed by atoms with Gasteiger partial charge in [0.15, 0.2) is 15.8 Å². The van der Waals surface area contributed by atoms with Crippen molar-refractivity contribution in [3.8, 4) is 0 Å². The molecule has 2 fully saturated rings. The molecule has 0 aromatic carbocycles. The average Bonchev–Trinajstić information content (AvgIpc) is 2.94. The first-order valence-electron chi connectivity index (χ1n) is 8.77. The molecule has 2 heterocycles. The topological polar surface area (TPSA) is 65.0 Å². The van der Waals surface area contributed by atoms with E-state index in [1.165, 1.54) is 13.0 Å². The Morgan fingerprint density at radius 2 is 2.04 bits per heavy atom. The second-order valence-electron chi connectivity index (χ2n) is 7.24. The average molecular weight is 345 g/mol. The molecule has 7 heteroatoms. The summed E-state index contributed by atoms with van der Waals surface area (Å²) in [7, 11) is -3.01. The fraction of sp³-hybridized carbons (Fsp3) is 0.938. The maximum Gasteiger partial charge on any atom is 0.194 e. The summed E-state index contributed by atoms with van der Waals surface area (Å²) in [5.74, 6) is 1.69. The van der Waals surface area contributed by atoms with Crippen molar-refractivity contribution < 1.29 is 8.42 Å². The van der Waals surface area contributed by atoms with Gasteiger partial charge in [0.2, 0.25) is 0 Å². The number of likely N-dealkylation sites (tertiary alicyclic amines) is 1. The number of nitrogens with one attached hydrogen (secondary N) is 1. The number of aliphatic imine (C=N–C) groups is 1. The molecule has 0 amide bonds. The SMILES string of the molecule is CCNC(=NCC1CCN(CC)C1)N1CCS(=O)(=O)C(C)(C)C1. The molecule has 23 heavy (non-hydrogen) atoms. The third-order valence-electron chi connectivity index (χ3n) is 4.99. The molecule has 134 valence electrons. The zero-order chi connectivity index (χ0) is 17.1. The van der Waals surface area contributed by atoms with Crippen LogP contribution in [0.15, 0.2) is 4.99 Å². The monoisotopic (exact) mass is 344 g/mol. The number of guanidine groups is 1. The molecule has 0 spiro atoms. The maximum absolute atomic E-state index is 12.2. The predicted octanol–water partition coefficient (Wildman–Crippen LogP) is 0.803. The minimum Gasteiger partial charge on any atom is -0.357 e. The molecule has 0 aromatic rings. The maximum atomic E-state index is 12.2. The van der Waals surface area contributed by atoms with Gasteiger partial charge in [-0.05, 0) is 46.2 Å². The van der Waals surface area contributed by atoms with Crippen LogP contribution in [0, 0.1) is 5.92 Å². The Labute approximate surface area is 141 Å². The summed E-state index contributed by atoms with van der Waals surface area (Å²) in [4.78, 5) is 9.38.